The number of unbranched alkanes of at least 4 members (excludes halogenated alkanes) is 1. The fourth-order valence-corrected chi connectivity index (χ4v) is 1.88. The Bertz CT molecular complexity index is 430. The summed E-state index contributed by atoms with van der Waals surface area (Å²) < 4.78 is 0. The van der Waals surface area contributed by atoms with E-state index in [2.05, 4.69) is 44.0 Å². The van der Waals surface area contributed by atoms with E-state index in [0.29, 0.717) is 0 Å². The monoisotopic (exact) mass is 244 g/mol. The Balaban J connectivity index is 2.74. The van der Waals surface area contributed by atoms with Crippen LogP contribution >= 0.6 is 0 Å². The highest BCUT2D eigenvalue weighted by Gasteiger charge is 1.99. The van der Waals surface area contributed by atoms with Gasteiger partial charge in [-0.3, -0.25) is 4.98 Å². The summed E-state index contributed by atoms with van der Waals surface area (Å²) in [6.45, 7) is 7.08. The van der Waals surface area contributed by atoms with Crippen LogP contribution in [-0.2, 0) is 0 Å². The molecule has 0 saturated carbocycles. The van der Waals surface area contributed by atoms with E-state index >= 15 is 0 Å². The van der Waals surface area contributed by atoms with Crippen LogP contribution in [0.5, 0.6) is 0 Å². The third-order valence-corrected chi connectivity index (χ3v) is 3.01. The predicted molar refractivity (Wildman–Crippen MR) is 79.3 cm³/mol. The number of nitrogens with zero attached hydrogens (tertiary/aromatic N) is 1. The molecule has 1 aromatic rings. The summed E-state index contributed by atoms with van der Waals surface area (Å²) >= 11 is 0. The molecular formula is C16H24N2. The molecule has 0 saturated heterocycles. The third kappa shape index (κ3) is 4.84. The third-order valence-electron chi connectivity index (χ3n) is 3.01. The molecule has 0 unspecified atom stereocenters. The van der Waals surface area contributed by atoms with Crippen molar-refractivity contribution in [1.82, 2.24) is 4.98 Å². The molecule has 0 aliphatic carbocycles. The highest BCUT2D eigenvalue weighted by molar-refractivity contribution is 5.63. The second-order valence-electron chi connectivity index (χ2n) is 4.66. The molecule has 1 heterocycles. The zero-order valence-electron chi connectivity index (χ0n) is 11.7. The lowest BCUT2D eigenvalue weighted by Crippen LogP contribution is -1.98. The molecule has 0 bridgehead atoms. The molecule has 0 spiro atoms. The van der Waals surface area contributed by atoms with E-state index < -0.39 is 0 Å². The number of rotatable bonds is 6. The van der Waals surface area contributed by atoms with Crippen molar-refractivity contribution in [1.29, 1.82) is 0 Å². The second-order valence-corrected chi connectivity index (χ2v) is 4.66. The maximum atomic E-state index is 5.52. The van der Waals surface area contributed by atoms with Crippen LogP contribution in [0, 0.1) is 6.92 Å². The predicted octanol–water partition coefficient (Wildman–Crippen LogP) is 3.87. The SMILES string of the molecule is C/C=C(\C=C(/C)c1cc(C)ccn1)CCCCN. The standard InChI is InChI=1S/C16H24N2/c1-4-15(7-5-6-9-17)12-14(3)16-11-13(2)8-10-18-16/h4,8,10-12H,5-7,9,17H2,1-3H3/b14-12+,15-4-. The van der Waals surface area contributed by atoms with E-state index in [9.17, 15) is 0 Å². The van der Waals surface area contributed by atoms with Gasteiger partial charge >= 0.3 is 0 Å². The van der Waals surface area contributed by atoms with Gasteiger partial charge in [0.05, 0.1) is 5.69 Å². The van der Waals surface area contributed by atoms with E-state index in [1.54, 1.807) is 0 Å². The minimum absolute atomic E-state index is 0.777. The van der Waals surface area contributed by atoms with E-state index in [0.717, 1.165) is 31.5 Å². The van der Waals surface area contributed by atoms with Gasteiger partial charge in [0.2, 0.25) is 0 Å². The maximum absolute atomic E-state index is 5.52. The number of pyridine rings is 1. The van der Waals surface area contributed by atoms with Crippen molar-refractivity contribution in [2.75, 3.05) is 6.54 Å². The average molecular weight is 244 g/mol. The van der Waals surface area contributed by atoms with E-state index in [1.165, 1.54) is 16.7 Å². The van der Waals surface area contributed by atoms with Gasteiger partial charge in [0, 0.05) is 6.20 Å². The maximum Gasteiger partial charge on any atom is 0.0661 e. The molecule has 18 heavy (non-hydrogen) atoms. The quantitative estimate of drug-likeness (QED) is 0.609. The van der Waals surface area contributed by atoms with Crippen LogP contribution in [-0.4, -0.2) is 11.5 Å². The first-order valence-electron chi connectivity index (χ1n) is 6.64. The van der Waals surface area contributed by atoms with Crippen LogP contribution in [0.1, 0.15) is 44.4 Å². The smallest absolute Gasteiger partial charge is 0.0661 e. The van der Waals surface area contributed by atoms with Gasteiger partial charge in [0.25, 0.3) is 0 Å². The van der Waals surface area contributed by atoms with Gasteiger partial charge in [-0.25, -0.2) is 0 Å². The number of allylic oxidation sites excluding steroid dienone is 4. The van der Waals surface area contributed by atoms with Crippen molar-refractivity contribution in [3.63, 3.8) is 0 Å². The van der Waals surface area contributed by atoms with Gasteiger partial charge in [0.1, 0.15) is 0 Å². The van der Waals surface area contributed by atoms with Gasteiger partial charge in [-0.1, -0.05) is 17.7 Å². The summed E-state index contributed by atoms with van der Waals surface area (Å²) in [6, 6.07) is 4.15. The molecule has 1 rings (SSSR count). The molecular weight excluding hydrogens is 220 g/mol. The zero-order valence-corrected chi connectivity index (χ0v) is 11.7. The van der Waals surface area contributed by atoms with Crippen molar-refractivity contribution in [3.05, 3.63) is 47.3 Å². The van der Waals surface area contributed by atoms with Crippen LogP contribution in [0.15, 0.2) is 36.1 Å². The van der Waals surface area contributed by atoms with Crippen molar-refractivity contribution < 1.29 is 0 Å². The van der Waals surface area contributed by atoms with Gasteiger partial charge in [-0.2, -0.15) is 0 Å². The molecule has 0 aromatic carbocycles. The molecule has 98 valence electrons. The molecule has 0 amide bonds. The Hall–Kier alpha value is -1.41. The number of nitrogens with two attached hydrogens (primary N) is 1. The number of hydrogen-bond acceptors (Lipinski definition) is 2. The van der Waals surface area contributed by atoms with Crippen LogP contribution in [0.2, 0.25) is 0 Å². The summed E-state index contributed by atoms with van der Waals surface area (Å²) in [4.78, 5) is 4.41. The average Bonchev–Trinajstić information content (AvgIpc) is 2.37. The van der Waals surface area contributed by atoms with E-state index in [-0.39, 0.29) is 0 Å². The summed E-state index contributed by atoms with van der Waals surface area (Å²) in [7, 11) is 0. The number of hydrogen-bond donors (Lipinski definition) is 1. The number of aromatic nitrogens is 1. The Morgan fingerprint density at radius 2 is 2.17 bits per heavy atom. The first kappa shape index (κ1) is 14.7. The summed E-state index contributed by atoms with van der Waals surface area (Å²) in [5.74, 6) is 0. The Kier molecular flexibility index (Phi) is 6.37. The molecule has 1 aromatic heterocycles. The molecule has 2 nitrogen and oxygen atoms in total. The molecule has 0 aliphatic heterocycles. The highest BCUT2D eigenvalue weighted by Crippen LogP contribution is 2.17. The molecule has 0 aliphatic rings. The minimum atomic E-state index is 0.777. The molecule has 0 radical (unpaired) electrons. The highest BCUT2D eigenvalue weighted by atomic mass is 14.7. The van der Waals surface area contributed by atoms with Gasteiger partial charge in [-0.15, -0.1) is 0 Å². The lowest BCUT2D eigenvalue weighted by Gasteiger charge is -2.05. The molecule has 2 heteroatoms. The van der Waals surface area contributed by atoms with Crippen LogP contribution in [0.3, 0.4) is 0 Å². The van der Waals surface area contributed by atoms with Gasteiger partial charge in [-0.05, 0) is 69.8 Å². The minimum Gasteiger partial charge on any atom is -0.330 e. The normalized spacial score (nSPS) is 12.9. The Morgan fingerprint density at radius 1 is 1.39 bits per heavy atom. The first-order valence-corrected chi connectivity index (χ1v) is 6.64. The number of aryl methyl sites for hydroxylation is 1. The fourth-order valence-electron chi connectivity index (χ4n) is 1.88. The van der Waals surface area contributed by atoms with Crippen LogP contribution < -0.4 is 5.73 Å². The van der Waals surface area contributed by atoms with Gasteiger partial charge < -0.3 is 5.73 Å². The molecule has 2 N–H and O–H groups in total. The van der Waals surface area contributed by atoms with Crippen molar-refractivity contribution in [2.45, 2.75) is 40.0 Å². The summed E-state index contributed by atoms with van der Waals surface area (Å²) in [5.41, 5.74) is 10.4. The Morgan fingerprint density at radius 3 is 2.78 bits per heavy atom. The zero-order chi connectivity index (χ0) is 13.4. The second kappa shape index (κ2) is 7.83. The topological polar surface area (TPSA) is 38.9 Å². The van der Waals surface area contributed by atoms with Crippen LogP contribution in [0.25, 0.3) is 5.57 Å². The van der Waals surface area contributed by atoms with E-state index in [1.807, 2.05) is 12.3 Å². The van der Waals surface area contributed by atoms with Crippen molar-refractivity contribution in [2.24, 2.45) is 5.73 Å². The Labute approximate surface area is 111 Å². The fraction of sp³-hybridized carbons (Fsp3) is 0.438. The first-order chi connectivity index (χ1) is 8.67. The molecule has 0 atom stereocenters. The summed E-state index contributed by atoms with van der Waals surface area (Å²) in [6.07, 6.45) is 9.62. The largest absolute Gasteiger partial charge is 0.330 e. The van der Waals surface area contributed by atoms with Crippen molar-refractivity contribution in [3.8, 4) is 0 Å². The lowest BCUT2D eigenvalue weighted by atomic mass is 10.0. The summed E-state index contributed by atoms with van der Waals surface area (Å²) in [5, 5.41) is 0. The lowest BCUT2D eigenvalue weighted by molar-refractivity contribution is 0.746. The van der Waals surface area contributed by atoms with E-state index in [4.69, 9.17) is 5.73 Å². The molecule has 0 fully saturated rings. The van der Waals surface area contributed by atoms with Crippen LogP contribution in [0.4, 0.5) is 0 Å². The van der Waals surface area contributed by atoms with Gasteiger partial charge in [0.15, 0.2) is 0 Å². The van der Waals surface area contributed by atoms with Crippen molar-refractivity contribution >= 4 is 5.57 Å².